The van der Waals surface area contributed by atoms with E-state index in [2.05, 4.69) is 24.5 Å². The number of nitrogens with one attached hydrogen (secondary N) is 2. The van der Waals surface area contributed by atoms with Crippen molar-refractivity contribution < 1.29 is 9.53 Å². The first-order valence-corrected chi connectivity index (χ1v) is 6.80. The number of carbonyl (C=O) groups excluding carboxylic acids is 1. The molecule has 0 heterocycles. The van der Waals surface area contributed by atoms with Gasteiger partial charge in [-0.05, 0) is 31.9 Å². The number of carbonyl (C=O) groups is 1. The molecule has 0 bridgehead atoms. The van der Waals surface area contributed by atoms with E-state index in [1.807, 2.05) is 38.1 Å². The van der Waals surface area contributed by atoms with Crippen LogP contribution in [-0.4, -0.2) is 25.1 Å². The second-order valence-corrected chi connectivity index (χ2v) is 4.93. The van der Waals surface area contributed by atoms with Gasteiger partial charge in [0.25, 0.3) is 0 Å². The van der Waals surface area contributed by atoms with Crippen LogP contribution in [0, 0.1) is 5.92 Å². The van der Waals surface area contributed by atoms with Gasteiger partial charge >= 0.3 is 0 Å². The first-order valence-electron chi connectivity index (χ1n) is 6.80. The van der Waals surface area contributed by atoms with E-state index in [0.29, 0.717) is 19.1 Å². The molecule has 1 atom stereocenters. The predicted octanol–water partition coefficient (Wildman–Crippen LogP) is 2.66. The molecule has 0 aromatic heterocycles. The number of ether oxygens (including phenoxy) is 1. The van der Waals surface area contributed by atoms with Crippen LogP contribution in [0.2, 0.25) is 0 Å². The van der Waals surface area contributed by atoms with Crippen molar-refractivity contribution in [2.75, 3.05) is 18.5 Å². The lowest BCUT2D eigenvalue weighted by Crippen LogP contribution is -2.39. The minimum atomic E-state index is -0.291. The number of anilines is 1. The van der Waals surface area contributed by atoms with Crippen LogP contribution in [0.5, 0.6) is 5.75 Å². The van der Waals surface area contributed by atoms with Gasteiger partial charge in [0.15, 0.2) is 0 Å². The highest BCUT2D eigenvalue weighted by molar-refractivity contribution is 5.84. The summed E-state index contributed by atoms with van der Waals surface area (Å²) in [5, 5.41) is 6.09. The molecule has 0 spiro atoms. The largest absolute Gasteiger partial charge is 0.492 e. The lowest BCUT2D eigenvalue weighted by atomic mass is 10.2. The van der Waals surface area contributed by atoms with Gasteiger partial charge in [0, 0.05) is 6.54 Å². The van der Waals surface area contributed by atoms with Gasteiger partial charge in [-0.3, -0.25) is 4.79 Å². The summed E-state index contributed by atoms with van der Waals surface area (Å²) in [5.41, 5.74) is 0.844. The Bertz CT molecular complexity index is 405. The fraction of sp³-hybridized carbons (Fsp3) is 0.533. The highest BCUT2D eigenvalue weighted by atomic mass is 16.5. The molecule has 106 valence electrons. The van der Waals surface area contributed by atoms with Gasteiger partial charge < -0.3 is 15.4 Å². The summed E-state index contributed by atoms with van der Waals surface area (Å²) < 4.78 is 5.52. The van der Waals surface area contributed by atoms with Gasteiger partial charge in [0.1, 0.15) is 11.8 Å². The first-order chi connectivity index (χ1) is 9.04. The number of para-hydroxylation sites is 2. The maximum atomic E-state index is 11.9. The van der Waals surface area contributed by atoms with E-state index in [4.69, 9.17) is 4.74 Å². The lowest BCUT2D eigenvalue weighted by molar-refractivity contribution is -0.121. The summed E-state index contributed by atoms with van der Waals surface area (Å²) in [7, 11) is 0. The van der Waals surface area contributed by atoms with Crippen LogP contribution >= 0.6 is 0 Å². The Morgan fingerprint density at radius 2 is 1.95 bits per heavy atom. The zero-order valence-corrected chi connectivity index (χ0v) is 12.2. The van der Waals surface area contributed by atoms with Crippen molar-refractivity contribution in [1.82, 2.24) is 5.32 Å². The monoisotopic (exact) mass is 264 g/mol. The maximum absolute atomic E-state index is 11.9. The third-order valence-corrected chi connectivity index (χ3v) is 2.64. The number of hydrogen-bond donors (Lipinski definition) is 2. The number of amides is 1. The molecule has 1 rings (SSSR count). The van der Waals surface area contributed by atoms with Crippen molar-refractivity contribution in [2.24, 2.45) is 5.92 Å². The summed E-state index contributed by atoms with van der Waals surface area (Å²) in [6, 6.07) is 7.35. The van der Waals surface area contributed by atoms with E-state index >= 15 is 0 Å². The Morgan fingerprint density at radius 1 is 1.26 bits per heavy atom. The second-order valence-electron chi connectivity index (χ2n) is 4.93. The van der Waals surface area contributed by atoms with Crippen LogP contribution in [0.25, 0.3) is 0 Å². The summed E-state index contributed by atoms with van der Waals surface area (Å²) >= 11 is 0. The molecule has 4 heteroatoms. The molecule has 0 radical (unpaired) electrons. The molecular formula is C15H24N2O2. The van der Waals surface area contributed by atoms with Gasteiger partial charge in [0.05, 0.1) is 12.3 Å². The minimum absolute atomic E-state index is 0.00000142. The topological polar surface area (TPSA) is 50.4 Å². The molecule has 1 aromatic rings. The van der Waals surface area contributed by atoms with Crippen molar-refractivity contribution in [2.45, 2.75) is 33.7 Å². The zero-order chi connectivity index (χ0) is 14.3. The van der Waals surface area contributed by atoms with Gasteiger partial charge in [0.2, 0.25) is 5.91 Å². The highest BCUT2D eigenvalue weighted by Crippen LogP contribution is 2.24. The Morgan fingerprint density at radius 3 is 2.58 bits per heavy atom. The van der Waals surface area contributed by atoms with E-state index < -0.39 is 0 Å². The predicted molar refractivity (Wildman–Crippen MR) is 78.5 cm³/mol. The van der Waals surface area contributed by atoms with Crippen molar-refractivity contribution >= 4 is 11.6 Å². The van der Waals surface area contributed by atoms with Crippen molar-refractivity contribution in [3.05, 3.63) is 24.3 Å². The van der Waals surface area contributed by atoms with Crippen LogP contribution < -0.4 is 15.4 Å². The lowest BCUT2D eigenvalue weighted by Gasteiger charge is -2.18. The number of benzene rings is 1. The van der Waals surface area contributed by atoms with Gasteiger partial charge in [-0.1, -0.05) is 26.0 Å². The quantitative estimate of drug-likeness (QED) is 0.796. The van der Waals surface area contributed by atoms with Gasteiger partial charge in [-0.15, -0.1) is 0 Å². The molecule has 4 nitrogen and oxygen atoms in total. The summed E-state index contributed by atoms with van der Waals surface area (Å²) in [6.07, 6.45) is 0. The normalized spacial score (nSPS) is 12.1. The second kappa shape index (κ2) is 7.67. The molecule has 2 N–H and O–H groups in total. The Kier molecular flexibility index (Phi) is 6.19. The maximum Gasteiger partial charge on any atom is 0.242 e. The van der Waals surface area contributed by atoms with Crippen LogP contribution in [-0.2, 0) is 4.79 Å². The highest BCUT2D eigenvalue weighted by Gasteiger charge is 2.14. The SMILES string of the molecule is CCOc1ccccc1NC(C)C(=O)NCC(C)C. The number of rotatable bonds is 7. The van der Waals surface area contributed by atoms with Crippen LogP contribution in [0.15, 0.2) is 24.3 Å². The molecule has 1 unspecified atom stereocenters. The van der Waals surface area contributed by atoms with E-state index in [-0.39, 0.29) is 11.9 Å². The molecule has 1 amide bonds. The molecule has 1 aromatic carbocycles. The average Bonchev–Trinajstić information content (AvgIpc) is 2.38. The summed E-state index contributed by atoms with van der Waals surface area (Å²) in [6.45, 7) is 9.23. The molecule has 0 saturated heterocycles. The van der Waals surface area contributed by atoms with E-state index in [1.54, 1.807) is 0 Å². The minimum Gasteiger partial charge on any atom is -0.492 e. The van der Waals surface area contributed by atoms with Crippen LogP contribution in [0.3, 0.4) is 0 Å². The number of hydrogen-bond acceptors (Lipinski definition) is 3. The summed E-state index contributed by atoms with van der Waals surface area (Å²) in [4.78, 5) is 11.9. The zero-order valence-electron chi connectivity index (χ0n) is 12.2. The standard InChI is InChI=1S/C15H24N2O2/c1-5-19-14-9-7-6-8-13(14)17-12(4)15(18)16-10-11(2)3/h6-9,11-12,17H,5,10H2,1-4H3,(H,16,18). The smallest absolute Gasteiger partial charge is 0.242 e. The Balaban J connectivity index is 2.60. The molecule has 0 aliphatic heterocycles. The van der Waals surface area contributed by atoms with E-state index in [0.717, 1.165) is 11.4 Å². The Labute approximate surface area is 115 Å². The molecule has 19 heavy (non-hydrogen) atoms. The van der Waals surface area contributed by atoms with Crippen LogP contribution in [0.4, 0.5) is 5.69 Å². The van der Waals surface area contributed by atoms with Crippen molar-refractivity contribution in [3.8, 4) is 5.75 Å². The van der Waals surface area contributed by atoms with Gasteiger partial charge in [-0.25, -0.2) is 0 Å². The third-order valence-electron chi connectivity index (χ3n) is 2.64. The molecule has 0 aliphatic rings. The van der Waals surface area contributed by atoms with Gasteiger partial charge in [-0.2, -0.15) is 0 Å². The molecule has 0 fully saturated rings. The Hall–Kier alpha value is -1.71. The fourth-order valence-corrected chi connectivity index (χ4v) is 1.62. The van der Waals surface area contributed by atoms with Crippen molar-refractivity contribution in [1.29, 1.82) is 0 Å². The molecule has 0 saturated carbocycles. The average molecular weight is 264 g/mol. The van der Waals surface area contributed by atoms with E-state index in [9.17, 15) is 4.79 Å². The molecule has 0 aliphatic carbocycles. The first kappa shape index (κ1) is 15.3. The third kappa shape index (κ3) is 5.20. The van der Waals surface area contributed by atoms with Crippen molar-refractivity contribution in [3.63, 3.8) is 0 Å². The van der Waals surface area contributed by atoms with E-state index in [1.165, 1.54) is 0 Å². The fourth-order valence-electron chi connectivity index (χ4n) is 1.62. The molecular weight excluding hydrogens is 240 g/mol. The van der Waals surface area contributed by atoms with Crippen LogP contribution in [0.1, 0.15) is 27.7 Å². The summed E-state index contributed by atoms with van der Waals surface area (Å²) in [5.74, 6) is 1.22.